The number of rotatable bonds is 6. The Bertz CT molecular complexity index is 713. The van der Waals surface area contributed by atoms with E-state index in [1.54, 1.807) is 56.7 Å². The summed E-state index contributed by atoms with van der Waals surface area (Å²) in [7, 11) is 4.62. The maximum atomic E-state index is 12.2. The van der Waals surface area contributed by atoms with Gasteiger partial charge in [-0.05, 0) is 35.9 Å². The molecule has 120 valence electrons. The fraction of sp³-hybridized carbons (Fsp3) is 0.167. The molecule has 0 heterocycles. The summed E-state index contributed by atoms with van der Waals surface area (Å²) < 4.78 is 15.8. The van der Waals surface area contributed by atoms with Crippen LogP contribution in [0, 0.1) is 0 Å². The van der Waals surface area contributed by atoms with E-state index in [0.717, 1.165) is 5.56 Å². The van der Waals surface area contributed by atoms with Gasteiger partial charge in [0.25, 0.3) is 0 Å². The Labute approximate surface area is 140 Å². The number of allylic oxidation sites excluding steroid dienone is 1. The van der Waals surface area contributed by atoms with Crippen LogP contribution in [-0.4, -0.2) is 27.1 Å². The quantitative estimate of drug-likeness (QED) is 0.585. The third-order valence-corrected chi connectivity index (χ3v) is 3.58. The minimum atomic E-state index is -0.177. The van der Waals surface area contributed by atoms with E-state index >= 15 is 0 Å². The van der Waals surface area contributed by atoms with Crippen molar-refractivity contribution in [3.8, 4) is 17.2 Å². The lowest BCUT2D eigenvalue weighted by Gasteiger charge is -2.12. The average molecular weight is 333 g/mol. The lowest BCUT2D eigenvalue weighted by Crippen LogP contribution is -1.96. The zero-order chi connectivity index (χ0) is 16.8. The maximum Gasteiger partial charge on any atom is 0.203 e. The molecule has 4 nitrogen and oxygen atoms in total. The van der Waals surface area contributed by atoms with Gasteiger partial charge in [0.05, 0.1) is 26.4 Å². The normalized spacial score (nSPS) is 10.6. The average Bonchev–Trinajstić information content (AvgIpc) is 2.58. The second kappa shape index (κ2) is 7.70. The number of ketones is 1. The van der Waals surface area contributed by atoms with Gasteiger partial charge in [-0.2, -0.15) is 0 Å². The number of hydrogen-bond donors (Lipinski definition) is 0. The molecular formula is C18H17ClO4. The molecule has 0 bridgehead atoms. The highest BCUT2D eigenvalue weighted by atomic mass is 35.5. The number of halogens is 1. The van der Waals surface area contributed by atoms with Crippen LogP contribution in [0.2, 0.25) is 5.02 Å². The van der Waals surface area contributed by atoms with Gasteiger partial charge in [0.2, 0.25) is 5.75 Å². The van der Waals surface area contributed by atoms with E-state index in [1.807, 2.05) is 0 Å². The van der Waals surface area contributed by atoms with Crippen LogP contribution in [0.4, 0.5) is 0 Å². The van der Waals surface area contributed by atoms with Gasteiger partial charge in [0, 0.05) is 5.56 Å². The molecule has 0 spiro atoms. The molecule has 0 N–H and O–H groups in total. The van der Waals surface area contributed by atoms with Crippen molar-refractivity contribution in [1.29, 1.82) is 0 Å². The summed E-state index contributed by atoms with van der Waals surface area (Å²) in [5, 5.41) is 0.423. The topological polar surface area (TPSA) is 44.8 Å². The second-order valence-corrected chi connectivity index (χ2v) is 5.04. The van der Waals surface area contributed by atoms with E-state index in [2.05, 4.69) is 0 Å². The first-order chi connectivity index (χ1) is 11.1. The lowest BCUT2D eigenvalue weighted by atomic mass is 10.1. The van der Waals surface area contributed by atoms with Gasteiger partial charge < -0.3 is 14.2 Å². The number of carbonyl (C=O) groups excluding carboxylic acids is 1. The molecule has 0 radical (unpaired) electrons. The molecule has 2 aromatic carbocycles. The van der Waals surface area contributed by atoms with Gasteiger partial charge in [0.1, 0.15) is 0 Å². The van der Waals surface area contributed by atoms with E-state index in [4.69, 9.17) is 25.8 Å². The second-order valence-electron chi connectivity index (χ2n) is 4.64. The smallest absolute Gasteiger partial charge is 0.203 e. The third-order valence-electron chi connectivity index (χ3n) is 3.25. The van der Waals surface area contributed by atoms with E-state index in [-0.39, 0.29) is 5.78 Å². The van der Waals surface area contributed by atoms with Crippen LogP contribution < -0.4 is 14.2 Å². The van der Waals surface area contributed by atoms with Crippen molar-refractivity contribution in [1.82, 2.24) is 0 Å². The molecule has 0 aliphatic carbocycles. The van der Waals surface area contributed by atoms with Crippen LogP contribution in [0.25, 0.3) is 6.08 Å². The predicted molar refractivity (Wildman–Crippen MR) is 90.9 cm³/mol. The molecule has 0 saturated heterocycles. The van der Waals surface area contributed by atoms with Gasteiger partial charge >= 0.3 is 0 Å². The predicted octanol–water partition coefficient (Wildman–Crippen LogP) is 4.26. The van der Waals surface area contributed by atoms with E-state index in [1.165, 1.54) is 13.2 Å². The zero-order valence-corrected chi connectivity index (χ0v) is 13.9. The maximum absolute atomic E-state index is 12.2. The van der Waals surface area contributed by atoms with Crippen LogP contribution in [-0.2, 0) is 0 Å². The zero-order valence-electron chi connectivity index (χ0n) is 13.1. The number of carbonyl (C=O) groups is 1. The Morgan fingerprint density at radius 2 is 1.61 bits per heavy atom. The molecule has 0 atom stereocenters. The Morgan fingerprint density at radius 1 is 1.00 bits per heavy atom. The summed E-state index contributed by atoms with van der Waals surface area (Å²) in [6.07, 6.45) is 3.14. The van der Waals surface area contributed by atoms with Crippen molar-refractivity contribution >= 4 is 23.5 Å². The standard InChI is InChI=1S/C18H17ClO4/c1-21-16-10-12(11-17(22-2)18(16)23-3)8-9-15(20)13-6-4-5-7-14(13)19/h4-11H,1-3H3. The molecule has 0 fully saturated rings. The molecule has 0 aliphatic heterocycles. The van der Waals surface area contributed by atoms with Crippen LogP contribution >= 0.6 is 11.6 Å². The molecular weight excluding hydrogens is 316 g/mol. The Hall–Kier alpha value is -2.46. The molecule has 23 heavy (non-hydrogen) atoms. The van der Waals surface area contributed by atoms with Crippen LogP contribution in [0.3, 0.4) is 0 Å². The van der Waals surface area contributed by atoms with Crippen molar-refractivity contribution in [2.75, 3.05) is 21.3 Å². The number of methoxy groups -OCH3 is 3. The first-order valence-corrected chi connectivity index (χ1v) is 7.25. The molecule has 0 unspecified atom stereocenters. The number of benzene rings is 2. The van der Waals surface area contributed by atoms with Crippen molar-refractivity contribution in [2.45, 2.75) is 0 Å². The van der Waals surface area contributed by atoms with E-state index < -0.39 is 0 Å². The Morgan fingerprint density at radius 3 is 2.13 bits per heavy atom. The van der Waals surface area contributed by atoms with Crippen LogP contribution in [0.5, 0.6) is 17.2 Å². The van der Waals surface area contributed by atoms with E-state index in [9.17, 15) is 4.79 Å². The minimum Gasteiger partial charge on any atom is -0.493 e. The van der Waals surface area contributed by atoms with E-state index in [0.29, 0.717) is 27.8 Å². The minimum absolute atomic E-state index is 0.177. The third kappa shape index (κ3) is 3.85. The molecule has 5 heteroatoms. The lowest BCUT2D eigenvalue weighted by molar-refractivity contribution is 0.104. The molecule has 2 aromatic rings. The highest BCUT2D eigenvalue weighted by Crippen LogP contribution is 2.38. The summed E-state index contributed by atoms with van der Waals surface area (Å²) in [6, 6.07) is 10.4. The SMILES string of the molecule is COc1cc(C=CC(=O)c2ccccc2Cl)cc(OC)c1OC. The van der Waals surface area contributed by atoms with Gasteiger partial charge in [-0.25, -0.2) is 0 Å². The van der Waals surface area contributed by atoms with Crippen molar-refractivity contribution in [3.63, 3.8) is 0 Å². The molecule has 0 saturated carbocycles. The fourth-order valence-corrected chi connectivity index (χ4v) is 2.35. The molecule has 0 aliphatic rings. The van der Waals surface area contributed by atoms with Gasteiger partial charge in [-0.15, -0.1) is 0 Å². The first-order valence-electron chi connectivity index (χ1n) is 6.87. The van der Waals surface area contributed by atoms with Gasteiger partial charge in [0.15, 0.2) is 17.3 Å². The van der Waals surface area contributed by atoms with Gasteiger partial charge in [-0.1, -0.05) is 29.8 Å². The highest BCUT2D eigenvalue weighted by molar-refractivity contribution is 6.34. The van der Waals surface area contributed by atoms with Gasteiger partial charge in [-0.3, -0.25) is 4.79 Å². The molecule has 0 aromatic heterocycles. The Balaban J connectivity index is 2.32. The summed E-state index contributed by atoms with van der Waals surface area (Å²) in [4.78, 5) is 12.2. The summed E-state index contributed by atoms with van der Waals surface area (Å²) in [5.41, 5.74) is 1.21. The summed E-state index contributed by atoms with van der Waals surface area (Å²) in [5.74, 6) is 1.38. The first kappa shape index (κ1) is 16.9. The monoisotopic (exact) mass is 332 g/mol. The molecule has 0 amide bonds. The fourth-order valence-electron chi connectivity index (χ4n) is 2.12. The number of ether oxygens (including phenoxy) is 3. The summed E-state index contributed by atoms with van der Waals surface area (Å²) in [6.45, 7) is 0. The highest BCUT2D eigenvalue weighted by Gasteiger charge is 2.12. The number of hydrogen-bond acceptors (Lipinski definition) is 4. The largest absolute Gasteiger partial charge is 0.493 e. The van der Waals surface area contributed by atoms with Crippen molar-refractivity contribution in [2.24, 2.45) is 0 Å². The Kier molecular flexibility index (Phi) is 5.66. The van der Waals surface area contributed by atoms with Crippen molar-refractivity contribution in [3.05, 3.63) is 58.6 Å². The van der Waals surface area contributed by atoms with Crippen LogP contribution in [0.1, 0.15) is 15.9 Å². The van der Waals surface area contributed by atoms with Crippen LogP contribution in [0.15, 0.2) is 42.5 Å². The van der Waals surface area contributed by atoms with Crippen molar-refractivity contribution < 1.29 is 19.0 Å². The summed E-state index contributed by atoms with van der Waals surface area (Å²) >= 11 is 6.02. The molecule has 2 rings (SSSR count).